The van der Waals surface area contributed by atoms with Crippen molar-refractivity contribution in [1.29, 1.82) is 0 Å². The van der Waals surface area contributed by atoms with Crippen LogP contribution in [0, 0.1) is 12.3 Å². The summed E-state index contributed by atoms with van der Waals surface area (Å²) in [7, 11) is 0. The van der Waals surface area contributed by atoms with Crippen LogP contribution in [-0.2, 0) is 17.9 Å². The van der Waals surface area contributed by atoms with E-state index in [2.05, 4.69) is 15.3 Å². The first-order valence-electron chi connectivity index (χ1n) is 9.06. The van der Waals surface area contributed by atoms with Crippen LogP contribution >= 0.6 is 11.6 Å². The number of aromatic nitrogens is 2. The van der Waals surface area contributed by atoms with Gasteiger partial charge in [0, 0.05) is 46.0 Å². The maximum atomic E-state index is 12.1. The molecule has 0 unspecified atom stereocenters. The molecule has 27 heavy (non-hydrogen) atoms. The molecule has 4 rings (SSSR count). The fourth-order valence-corrected chi connectivity index (χ4v) is 3.29. The molecule has 140 valence electrons. The number of ether oxygens (including phenoxy) is 1. The van der Waals surface area contributed by atoms with Crippen molar-refractivity contribution >= 4 is 28.4 Å². The molecule has 5 nitrogen and oxygen atoms in total. The van der Waals surface area contributed by atoms with Gasteiger partial charge in [0.25, 0.3) is 0 Å². The van der Waals surface area contributed by atoms with Crippen molar-refractivity contribution in [3.63, 3.8) is 0 Å². The zero-order chi connectivity index (χ0) is 19.0. The number of halogens is 1. The first-order valence-corrected chi connectivity index (χ1v) is 9.43. The Morgan fingerprint density at radius 3 is 2.85 bits per heavy atom. The predicted octanol–water partition coefficient (Wildman–Crippen LogP) is 4.52. The van der Waals surface area contributed by atoms with Crippen LogP contribution in [0.3, 0.4) is 0 Å². The van der Waals surface area contributed by atoms with Crippen molar-refractivity contribution < 1.29 is 9.53 Å². The van der Waals surface area contributed by atoms with Crippen LogP contribution in [-0.4, -0.2) is 15.9 Å². The number of benzene rings is 1. The third kappa shape index (κ3) is 3.93. The highest BCUT2D eigenvalue weighted by molar-refractivity contribution is 6.32. The van der Waals surface area contributed by atoms with Gasteiger partial charge in [-0.05, 0) is 43.5 Å². The number of nitrogens with zero attached hydrogens (tertiary/aromatic N) is 1. The minimum atomic E-state index is -0.166. The van der Waals surface area contributed by atoms with Gasteiger partial charge >= 0.3 is 0 Å². The molecule has 0 spiro atoms. The summed E-state index contributed by atoms with van der Waals surface area (Å²) in [5.74, 6) is 0.739. The lowest BCUT2D eigenvalue weighted by Crippen LogP contribution is -2.29. The minimum absolute atomic E-state index is 0.120. The van der Waals surface area contributed by atoms with Crippen LogP contribution in [0.1, 0.15) is 36.6 Å². The number of carbonyl (C=O) groups is 1. The molecule has 0 aliphatic heterocycles. The summed E-state index contributed by atoms with van der Waals surface area (Å²) in [6, 6.07) is 7.82. The van der Waals surface area contributed by atoms with Crippen LogP contribution in [0.15, 0.2) is 36.7 Å². The summed E-state index contributed by atoms with van der Waals surface area (Å²) < 4.78 is 5.88. The van der Waals surface area contributed by atoms with E-state index in [-0.39, 0.29) is 11.3 Å². The van der Waals surface area contributed by atoms with Crippen molar-refractivity contribution in [1.82, 2.24) is 15.3 Å². The molecule has 6 heteroatoms. The average molecular weight is 384 g/mol. The summed E-state index contributed by atoms with van der Waals surface area (Å²) in [5.41, 5.74) is 3.79. The first kappa shape index (κ1) is 17.9. The fraction of sp³-hybridized carbons (Fsp3) is 0.333. The highest BCUT2D eigenvalue weighted by atomic mass is 35.5. The van der Waals surface area contributed by atoms with Gasteiger partial charge in [-0.25, -0.2) is 0 Å². The van der Waals surface area contributed by atoms with E-state index in [4.69, 9.17) is 16.3 Å². The molecule has 1 aromatic carbocycles. The molecule has 0 atom stereocenters. The lowest BCUT2D eigenvalue weighted by atomic mass is 10.1. The number of carbonyl (C=O) groups excluding carboxylic acids is 1. The Hall–Kier alpha value is -2.53. The third-order valence-corrected chi connectivity index (χ3v) is 5.34. The number of hydrogen-bond donors (Lipinski definition) is 2. The predicted molar refractivity (Wildman–Crippen MR) is 106 cm³/mol. The second-order valence-corrected chi connectivity index (χ2v) is 7.97. The van der Waals surface area contributed by atoms with Gasteiger partial charge in [-0.1, -0.05) is 18.5 Å². The summed E-state index contributed by atoms with van der Waals surface area (Å²) in [5, 5.41) is 4.55. The van der Waals surface area contributed by atoms with Crippen LogP contribution in [0.25, 0.3) is 10.9 Å². The molecule has 2 heterocycles. The molecule has 1 fully saturated rings. The standard InChI is InChI=1S/C21H22ClN3O2/c1-13-5-14(10-23-9-13)12-27-19-8-18-15(7-17(19)22)6-16(25-18)11-24-20(26)21(2)3-4-21/h5-10,25H,3-4,11-12H2,1-2H3,(H,24,26). The van der Waals surface area contributed by atoms with Gasteiger partial charge < -0.3 is 15.0 Å². The Morgan fingerprint density at radius 2 is 2.11 bits per heavy atom. The lowest BCUT2D eigenvalue weighted by Gasteiger charge is -2.09. The zero-order valence-electron chi connectivity index (χ0n) is 15.4. The summed E-state index contributed by atoms with van der Waals surface area (Å²) in [6.07, 6.45) is 5.54. The molecule has 1 saturated carbocycles. The largest absolute Gasteiger partial charge is 0.487 e. The van der Waals surface area contributed by atoms with Crippen LogP contribution in [0.4, 0.5) is 0 Å². The Bertz CT molecular complexity index is 1010. The van der Waals surface area contributed by atoms with Crippen LogP contribution in [0.5, 0.6) is 5.75 Å². The number of nitrogens with one attached hydrogen (secondary N) is 2. The topological polar surface area (TPSA) is 67.0 Å². The fourth-order valence-electron chi connectivity index (χ4n) is 3.06. The molecule has 2 aromatic heterocycles. The summed E-state index contributed by atoms with van der Waals surface area (Å²) >= 11 is 6.38. The number of aryl methyl sites for hydroxylation is 1. The number of pyridine rings is 1. The van der Waals surface area contributed by atoms with E-state index in [1.54, 1.807) is 6.20 Å². The van der Waals surface area contributed by atoms with Gasteiger partial charge in [-0.2, -0.15) is 0 Å². The number of amides is 1. The Morgan fingerprint density at radius 1 is 1.30 bits per heavy atom. The molecule has 1 aliphatic carbocycles. The Balaban J connectivity index is 1.46. The van der Waals surface area contributed by atoms with Crippen molar-refractivity contribution in [3.05, 3.63) is 58.5 Å². The van der Waals surface area contributed by atoms with Crippen molar-refractivity contribution in [2.24, 2.45) is 5.41 Å². The van der Waals surface area contributed by atoms with E-state index in [0.717, 1.165) is 40.6 Å². The van der Waals surface area contributed by atoms with E-state index in [9.17, 15) is 4.79 Å². The molecule has 1 aliphatic rings. The number of H-pyrrole nitrogens is 1. The maximum Gasteiger partial charge on any atom is 0.226 e. The quantitative estimate of drug-likeness (QED) is 0.657. The lowest BCUT2D eigenvalue weighted by molar-refractivity contribution is -0.125. The summed E-state index contributed by atoms with van der Waals surface area (Å²) in [6.45, 7) is 4.88. The second-order valence-electron chi connectivity index (χ2n) is 7.57. The van der Waals surface area contributed by atoms with Gasteiger partial charge in [0.1, 0.15) is 12.4 Å². The number of fused-ring (bicyclic) bond motifs is 1. The number of aromatic amines is 1. The van der Waals surface area contributed by atoms with E-state index >= 15 is 0 Å². The first-order chi connectivity index (χ1) is 12.9. The SMILES string of the molecule is Cc1cncc(COc2cc3[nH]c(CNC(=O)C4(C)CC4)cc3cc2Cl)c1. The van der Waals surface area contributed by atoms with E-state index in [1.165, 1.54) is 0 Å². The van der Waals surface area contributed by atoms with Gasteiger partial charge in [0.15, 0.2) is 0 Å². The molecule has 1 amide bonds. The van der Waals surface area contributed by atoms with Gasteiger partial charge in [0.05, 0.1) is 11.6 Å². The van der Waals surface area contributed by atoms with Gasteiger partial charge in [0.2, 0.25) is 5.91 Å². The Labute approximate surface area is 163 Å². The van der Waals surface area contributed by atoms with Crippen LogP contribution < -0.4 is 10.1 Å². The Kier molecular flexibility index (Phi) is 4.56. The van der Waals surface area contributed by atoms with Crippen molar-refractivity contribution in [2.75, 3.05) is 0 Å². The highest BCUT2D eigenvalue weighted by Gasteiger charge is 2.44. The molecule has 0 bridgehead atoms. The van der Waals surface area contributed by atoms with E-state index < -0.39 is 0 Å². The van der Waals surface area contributed by atoms with Gasteiger partial charge in [-0.3, -0.25) is 9.78 Å². The number of hydrogen-bond acceptors (Lipinski definition) is 3. The van der Waals surface area contributed by atoms with Crippen LogP contribution in [0.2, 0.25) is 5.02 Å². The molecule has 0 radical (unpaired) electrons. The monoisotopic (exact) mass is 383 g/mol. The third-order valence-electron chi connectivity index (χ3n) is 5.04. The summed E-state index contributed by atoms with van der Waals surface area (Å²) in [4.78, 5) is 19.6. The smallest absolute Gasteiger partial charge is 0.226 e. The maximum absolute atomic E-state index is 12.1. The number of rotatable bonds is 6. The molecule has 3 aromatic rings. The van der Waals surface area contributed by atoms with E-state index in [0.29, 0.717) is 23.9 Å². The normalized spacial score (nSPS) is 14.9. The van der Waals surface area contributed by atoms with Gasteiger partial charge in [-0.15, -0.1) is 0 Å². The van der Waals surface area contributed by atoms with Crippen molar-refractivity contribution in [2.45, 2.75) is 39.8 Å². The second kappa shape index (κ2) is 6.89. The minimum Gasteiger partial charge on any atom is -0.487 e. The molecular weight excluding hydrogens is 362 g/mol. The zero-order valence-corrected chi connectivity index (χ0v) is 16.2. The van der Waals surface area contributed by atoms with Crippen molar-refractivity contribution in [3.8, 4) is 5.75 Å². The van der Waals surface area contributed by atoms with E-state index in [1.807, 2.05) is 44.3 Å². The molecular formula is C21H22ClN3O2. The average Bonchev–Trinajstić information content (AvgIpc) is 3.27. The molecule has 2 N–H and O–H groups in total. The molecule has 0 saturated heterocycles. The highest BCUT2D eigenvalue weighted by Crippen LogP contribution is 2.45.